The van der Waals surface area contributed by atoms with Crippen LogP contribution in [0.15, 0.2) is 12.4 Å². The zero-order valence-electron chi connectivity index (χ0n) is 6.57. The smallest absolute Gasteiger partial charge is 0.150 e. The fourth-order valence-corrected chi connectivity index (χ4v) is 0.741. The molecule has 0 spiro atoms. The molecular weight excluding hydrogens is 140 g/mol. The molecule has 0 aliphatic carbocycles. The molecule has 2 N–H and O–H groups in total. The maximum absolute atomic E-state index is 5.31. The number of nitrogens with two attached hydrogens (primary N) is 1. The second-order valence-corrected chi connectivity index (χ2v) is 2.22. The Morgan fingerprint density at radius 3 is 3.09 bits per heavy atom. The average Bonchev–Trinajstić information content (AvgIpc) is 2.37. The third-order valence-electron chi connectivity index (χ3n) is 1.35. The van der Waals surface area contributed by atoms with Crippen molar-refractivity contribution in [3.63, 3.8) is 0 Å². The summed E-state index contributed by atoms with van der Waals surface area (Å²) in [5.41, 5.74) is 5.31. The van der Waals surface area contributed by atoms with E-state index in [1.165, 1.54) is 6.33 Å². The molecule has 4 nitrogen and oxygen atoms in total. The summed E-state index contributed by atoms with van der Waals surface area (Å²) in [6.45, 7) is 0.675. The standard InChI is InChI=1S/C7H12N4/c1-11-7(9-6-10-11)4-2-3-5-8/h2,4,6H,3,5,8H2,1H3/b4-2+. The van der Waals surface area contributed by atoms with E-state index >= 15 is 0 Å². The quantitative estimate of drug-likeness (QED) is 0.672. The molecule has 60 valence electrons. The van der Waals surface area contributed by atoms with Crippen molar-refractivity contribution in [2.24, 2.45) is 12.8 Å². The topological polar surface area (TPSA) is 56.7 Å². The SMILES string of the molecule is Cn1ncnc1/C=C/CCN. The van der Waals surface area contributed by atoms with Crippen LogP contribution in [0.4, 0.5) is 0 Å². The minimum atomic E-state index is 0.675. The van der Waals surface area contributed by atoms with Gasteiger partial charge in [-0.1, -0.05) is 6.08 Å². The van der Waals surface area contributed by atoms with Crippen molar-refractivity contribution in [3.8, 4) is 0 Å². The second kappa shape index (κ2) is 3.88. The molecule has 0 atom stereocenters. The van der Waals surface area contributed by atoms with Gasteiger partial charge in [-0.2, -0.15) is 5.10 Å². The molecule has 0 aromatic carbocycles. The van der Waals surface area contributed by atoms with E-state index < -0.39 is 0 Å². The zero-order chi connectivity index (χ0) is 8.10. The Bertz CT molecular complexity index is 238. The zero-order valence-corrected chi connectivity index (χ0v) is 6.57. The summed E-state index contributed by atoms with van der Waals surface area (Å²) in [5.74, 6) is 0.860. The van der Waals surface area contributed by atoms with Gasteiger partial charge in [-0.15, -0.1) is 0 Å². The monoisotopic (exact) mass is 152 g/mol. The van der Waals surface area contributed by atoms with Crippen molar-refractivity contribution in [1.29, 1.82) is 0 Å². The van der Waals surface area contributed by atoms with Crippen molar-refractivity contribution in [3.05, 3.63) is 18.2 Å². The highest BCUT2D eigenvalue weighted by atomic mass is 15.3. The maximum atomic E-state index is 5.31. The molecule has 0 radical (unpaired) electrons. The van der Waals surface area contributed by atoms with Gasteiger partial charge in [0, 0.05) is 7.05 Å². The number of hydrogen-bond acceptors (Lipinski definition) is 3. The molecule has 0 amide bonds. The van der Waals surface area contributed by atoms with Crippen molar-refractivity contribution in [2.45, 2.75) is 6.42 Å². The van der Waals surface area contributed by atoms with Gasteiger partial charge in [0.25, 0.3) is 0 Å². The first-order valence-corrected chi connectivity index (χ1v) is 3.55. The minimum absolute atomic E-state index is 0.675. The molecule has 0 aliphatic rings. The summed E-state index contributed by atoms with van der Waals surface area (Å²) in [7, 11) is 1.86. The van der Waals surface area contributed by atoms with E-state index in [0.717, 1.165) is 12.2 Å². The molecule has 1 heterocycles. The summed E-state index contributed by atoms with van der Waals surface area (Å²) in [6.07, 6.45) is 6.32. The highest BCUT2D eigenvalue weighted by Gasteiger charge is 1.91. The summed E-state index contributed by atoms with van der Waals surface area (Å²) in [5, 5.41) is 3.92. The molecule has 0 saturated heterocycles. The van der Waals surface area contributed by atoms with Crippen molar-refractivity contribution >= 4 is 6.08 Å². The van der Waals surface area contributed by atoms with Gasteiger partial charge in [-0.25, -0.2) is 9.67 Å². The van der Waals surface area contributed by atoms with Crippen LogP contribution in [-0.4, -0.2) is 21.3 Å². The molecular formula is C7H12N4. The van der Waals surface area contributed by atoms with Crippen molar-refractivity contribution in [1.82, 2.24) is 14.8 Å². The van der Waals surface area contributed by atoms with Gasteiger partial charge in [-0.05, 0) is 19.0 Å². The van der Waals surface area contributed by atoms with Crippen LogP contribution in [0.1, 0.15) is 12.2 Å². The van der Waals surface area contributed by atoms with Crippen LogP contribution in [0.25, 0.3) is 6.08 Å². The first kappa shape index (κ1) is 7.94. The van der Waals surface area contributed by atoms with Crippen LogP contribution in [0.3, 0.4) is 0 Å². The molecule has 11 heavy (non-hydrogen) atoms. The minimum Gasteiger partial charge on any atom is -0.330 e. The second-order valence-electron chi connectivity index (χ2n) is 2.22. The maximum Gasteiger partial charge on any atom is 0.150 e. The van der Waals surface area contributed by atoms with Gasteiger partial charge in [0.1, 0.15) is 12.2 Å². The molecule has 0 bridgehead atoms. The van der Waals surface area contributed by atoms with Crippen molar-refractivity contribution < 1.29 is 0 Å². The van der Waals surface area contributed by atoms with E-state index in [4.69, 9.17) is 5.73 Å². The Morgan fingerprint density at radius 2 is 2.55 bits per heavy atom. The number of aromatic nitrogens is 3. The summed E-state index contributed by atoms with van der Waals surface area (Å²) >= 11 is 0. The molecule has 0 saturated carbocycles. The third kappa shape index (κ3) is 2.16. The Kier molecular flexibility index (Phi) is 2.80. The van der Waals surface area contributed by atoms with E-state index in [2.05, 4.69) is 10.1 Å². The van der Waals surface area contributed by atoms with E-state index in [1.54, 1.807) is 4.68 Å². The van der Waals surface area contributed by atoms with Gasteiger partial charge in [-0.3, -0.25) is 0 Å². The van der Waals surface area contributed by atoms with Crippen LogP contribution in [0.5, 0.6) is 0 Å². The lowest BCUT2D eigenvalue weighted by molar-refractivity contribution is 0.756. The van der Waals surface area contributed by atoms with Crippen LogP contribution in [0, 0.1) is 0 Å². The predicted octanol–water partition coefficient (Wildman–Crippen LogP) is 0.177. The fraction of sp³-hybridized carbons (Fsp3) is 0.429. The molecule has 0 aliphatic heterocycles. The van der Waals surface area contributed by atoms with E-state index in [9.17, 15) is 0 Å². The molecule has 1 aromatic heterocycles. The van der Waals surface area contributed by atoms with E-state index in [-0.39, 0.29) is 0 Å². The molecule has 0 fully saturated rings. The number of hydrogen-bond donors (Lipinski definition) is 1. The van der Waals surface area contributed by atoms with Gasteiger partial charge >= 0.3 is 0 Å². The first-order valence-electron chi connectivity index (χ1n) is 3.55. The van der Waals surface area contributed by atoms with E-state index in [1.807, 2.05) is 19.2 Å². The third-order valence-corrected chi connectivity index (χ3v) is 1.35. The highest BCUT2D eigenvalue weighted by Crippen LogP contribution is 1.94. The lowest BCUT2D eigenvalue weighted by Crippen LogP contribution is -1.96. The van der Waals surface area contributed by atoms with Gasteiger partial charge in [0.05, 0.1) is 0 Å². The summed E-state index contributed by atoms with van der Waals surface area (Å²) in [4.78, 5) is 4.01. The number of aryl methyl sites for hydroxylation is 1. The van der Waals surface area contributed by atoms with Crippen LogP contribution in [-0.2, 0) is 7.05 Å². The Morgan fingerprint density at radius 1 is 1.73 bits per heavy atom. The largest absolute Gasteiger partial charge is 0.330 e. The lowest BCUT2D eigenvalue weighted by atomic mass is 10.4. The lowest BCUT2D eigenvalue weighted by Gasteiger charge is -1.90. The Hall–Kier alpha value is -1.16. The van der Waals surface area contributed by atoms with Crippen LogP contribution >= 0.6 is 0 Å². The average molecular weight is 152 g/mol. The first-order chi connectivity index (χ1) is 5.34. The highest BCUT2D eigenvalue weighted by molar-refractivity contribution is 5.38. The van der Waals surface area contributed by atoms with Gasteiger partial charge in [0.15, 0.2) is 0 Å². The molecule has 0 unspecified atom stereocenters. The number of rotatable bonds is 3. The molecule has 1 rings (SSSR count). The fourth-order valence-electron chi connectivity index (χ4n) is 0.741. The normalized spacial score (nSPS) is 11.1. The van der Waals surface area contributed by atoms with Gasteiger partial charge < -0.3 is 5.73 Å². The molecule has 1 aromatic rings. The van der Waals surface area contributed by atoms with Crippen LogP contribution < -0.4 is 5.73 Å². The van der Waals surface area contributed by atoms with Crippen molar-refractivity contribution in [2.75, 3.05) is 6.54 Å². The predicted molar refractivity (Wildman–Crippen MR) is 43.7 cm³/mol. The van der Waals surface area contributed by atoms with E-state index in [0.29, 0.717) is 6.54 Å². The summed E-state index contributed by atoms with van der Waals surface area (Å²) < 4.78 is 1.72. The number of nitrogens with zero attached hydrogens (tertiary/aromatic N) is 3. The Labute approximate surface area is 65.7 Å². The summed E-state index contributed by atoms with van der Waals surface area (Å²) in [6, 6.07) is 0. The molecule has 4 heteroatoms. The van der Waals surface area contributed by atoms with Gasteiger partial charge in [0.2, 0.25) is 0 Å². The van der Waals surface area contributed by atoms with Crippen LogP contribution in [0.2, 0.25) is 0 Å². The Balaban J connectivity index is 2.56.